The number of carbonyl (C=O) groups is 2. The highest BCUT2D eigenvalue weighted by molar-refractivity contribution is 8.26. The molecule has 2 fully saturated rings. The predicted molar refractivity (Wildman–Crippen MR) is 175 cm³/mol. The number of aromatic nitrogens is 3. The van der Waals surface area contributed by atoms with E-state index in [9.17, 15) is 14.7 Å². The highest BCUT2D eigenvalue weighted by atomic mass is 32.2. The van der Waals surface area contributed by atoms with Gasteiger partial charge in [0.25, 0.3) is 5.91 Å². The second kappa shape index (κ2) is 13.4. The summed E-state index contributed by atoms with van der Waals surface area (Å²) in [5.74, 6) is -0.280. The molecule has 1 amide bonds. The SMILES string of the molecule is Nc1ncc2ncc(-c3csc(/C=C4\SC(=S)N(CCCOc5ccc(C(=O)O)cc5CN5CCOCC5)C4=O)c3)cc2n1. The summed E-state index contributed by atoms with van der Waals surface area (Å²) in [6.45, 7) is 4.18. The summed E-state index contributed by atoms with van der Waals surface area (Å²) >= 11 is 8.34. The van der Waals surface area contributed by atoms with Crippen molar-refractivity contribution >= 4 is 74.6 Å². The van der Waals surface area contributed by atoms with Crippen LogP contribution in [0.15, 0.2) is 53.0 Å². The third-order valence-electron chi connectivity index (χ3n) is 7.14. The Hall–Kier alpha value is -3.95. The van der Waals surface area contributed by atoms with Crippen molar-refractivity contribution in [3.63, 3.8) is 0 Å². The first-order valence-corrected chi connectivity index (χ1v) is 16.0. The summed E-state index contributed by atoms with van der Waals surface area (Å²) in [6.07, 6.45) is 5.78. The van der Waals surface area contributed by atoms with Gasteiger partial charge in [-0.1, -0.05) is 24.0 Å². The van der Waals surface area contributed by atoms with E-state index >= 15 is 0 Å². The van der Waals surface area contributed by atoms with Crippen LogP contribution in [0.5, 0.6) is 5.75 Å². The van der Waals surface area contributed by atoms with Gasteiger partial charge in [-0.25, -0.2) is 14.8 Å². The van der Waals surface area contributed by atoms with Crippen LogP contribution in [0.2, 0.25) is 0 Å². The Morgan fingerprint density at radius 3 is 2.80 bits per heavy atom. The molecule has 0 saturated carbocycles. The van der Waals surface area contributed by atoms with Crippen LogP contribution >= 0.6 is 35.3 Å². The first-order chi connectivity index (χ1) is 21.3. The lowest BCUT2D eigenvalue weighted by molar-refractivity contribution is -0.122. The minimum absolute atomic E-state index is 0.131. The Morgan fingerprint density at radius 2 is 1.98 bits per heavy atom. The van der Waals surface area contributed by atoms with Gasteiger partial charge in [0.15, 0.2) is 0 Å². The standard InChI is InChI=1S/C30H28N6O5S3/c31-29-33-15-24-23(34-29)12-19(14-32-24)21-11-22(43-17-21)13-26-27(37)36(30(42)44-26)4-1-7-41-25-3-2-18(28(38)39)10-20(25)16-35-5-8-40-9-6-35/h2-3,10-15,17H,1,4-9,16H2,(H,38,39)(H2,31,33,34)/b26-13-. The average Bonchev–Trinajstić information content (AvgIpc) is 3.59. The van der Waals surface area contributed by atoms with E-state index in [0.29, 0.717) is 65.3 Å². The maximum absolute atomic E-state index is 13.2. The van der Waals surface area contributed by atoms with Gasteiger partial charge in [0.2, 0.25) is 5.95 Å². The van der Waals surface area contributed by atoms with E-state index in [1.165, 1.54) is 23.1 Å². The van der Waals surface area contributed by atoms with E-state index in [4.69, 9.17) is 27.4 Å². The van der Waals surface area contributed by atoms with Gasteiger partial charge in [-0.2, -0.15) is 0 Å². The molecule has 0 atom stereocenters. The molecule has 6 rings (SSSR count). The van der Waals surface area contributed by atoms with Crippen LogP contribution in [0.4, 0.5) is 5.95 Å². The summed E-state index contributed by atoms with van der Waals surface area (Å²) < 4.78 is 12.0. The number of carboxylic acid groups (broad SMARTS) is 1. The molecule has 0 unspecified atom stereocenters. The van der Waals surface area contributed by atoms with Crippen molar-refractivity contribution in [3.05, 3.63) is 69.0 Å². The van der Waals surface area contributed by atoms with E-state index in [0.717, 1.165) is 34.7 Å². The molecule has 1 aromatic carbocycles. The number of pyridine rings is 1. The van der Waals surface area contributed by atoms with Gasteiger partial charge in [-0.15, -0.1) is 11.3 Å². The number of amides is 1. The van der Waals surface area contributed by atoms with E-state index in [2.05, 4.69) is 19.9 Å². The molecule has 11 nitrogen and oxygen atoms in total. The van der Waals surface area contributed by atoms with Gasteiger partial charge in [0, 0.05) is 48.4 Å². The number of aromatic carboxylic acids is 1. The molecular formula is C30H28N6O5S3. The minimum Gasteiger partial charge on any atom is -0.493 e. The highest BCUT2D eigenvalue weighted by Crippen LogP contribution is 2.35. The maximum Gasteiger partial charge on any atom is 0.335 e. The van der Waals surface area contributed by atoms with Crippen molar-refractivity contribution in [2.45, 2.75) is 13.0 Å². The van der Waals surface area contributed by atoms with Gasteiger partial charge >= 0.3 is 5.97 Å². The Kier molecular flexibility index (Phi) is 9.14. The molecule has 5 heterocycles. The normalized spacial score (nSPS) is 16.7. The number of nitrogen functional groups attached to an aromatic ring is 1. The van der Waals surface area contributed by atoms with E-state index < -0.39 is 5.97 Å². The number of benzene rings is 1. The van der Waals surface area contributed by atoms with Crippen LogP contribution in [-0.2, 0) is 16.1 Å². The van der Waals surface area contributed by atoms with Gasteiger partial charge < -0.3 is 20.3 Å². The summed E-state index contributed by atoms with van der Waals surface area (Å²) in [7, 11) is 0. The molecule has 2 aliphatic rings. The average molecular weight is 649 g/mol. The molecule has 4 aromatic rings. The fourth-order valence-corrected chi connectivity index (χ4v) is 7.10. The van der Waals surface area contributed by atoms with Crippen LogP contribution in [0.3, 0.4) is 0 Å². The number of nitrogens with zero attached hydrogens (tertiary/aromatic N) is 5. The van der Waals surface area contributed by atoms with Crippen LogP contribution < -0.4 is 10.5 Å². The Bertz CT molecular complexity index is 1770. The van der Waals surface area contributed by atoms with E-state index in [1.807, 2.05) is 23.6 Å². The zero-order valence-electron chi connectivity index (χ0n) is 23.5. The molecule has 2 aliphatic heterocycles. The first-order valence-electron chi connectivity index (χ1n) is 13.9. The lowest BCUT2D eigenvalue weighted by atomic mass is 10.1. The molecule has 14 heteroatoms. The van der Waals surface area contributed by atoms with Crippen LogP contribution in [0, 0.1) is 0 Å². The van der Waals surface area contributed by atoms with Crippen molar-refractivity contribution in [1.82, 2.24) is 24.8 Å². The fourth-order valence-electron chi connectivity index (χ4n) is 4.87. The maximum atomic E-state index is 13.2. The topological polar surface area (TPSA) is 144 Å². The number of thiocarbonyl (C=S) groups is 1. The molecule has 226 valence electrons. The Balaban J connectivity index is 1.07. The third-order valence-corrected chi connectivity index (χ3v) is 9.40. The number of hydrogen-bond donors (Lipinski definition) is 2. The van der Waals surface area contributed by atoms with Crippen molar-refractivity contribution < 1.29 is 24.2 Å². The van der Waals surface area contributed by atoms with Crippen LogP contribution in [0.1, 0.15) is 27.2 Å². The fraction of sp³-hybridized carbons (Fsp3) is 0.267. The highest BCUT2D eigenvalue weighted by Gasteiger charge is 2.31. The lowest BCUT2D eigenvalue weighted by Gasteiger charge is -2.27. The molecule has 0 radical (unpaired) electrons. The number of nitrogens with two attached hydrogens (primary N) is 1. The lowest BCUT2D eigenvalue weighted by Crippen LogP contribution is -2.35. The van der Waals surface area contributed by atoms with Crippen molar-refractivity contribution in [3.8, 4) is 16.9 Å². The van der Waals surface area contributed by atoms with Crippen LogP contribution in [-0.4, -0.2) is 85.5 Å². The Morgan fingerprint density at radius 1 is 1.14 bits per heavy atom. The number of carbonyl (C=O) groups excluding carboxylic acids is 1. The largest absolute Gasteiger partial charge is 0.493 e. The van der Waals surface area contributed by atoms with Gasteiger partial charge in [0.05, 0.1) is 42.0 Å². The summed E-state index contributed by atoms with van der Waals surface area (Å²) in [4.78, 5) is 42.7. The smallest absolute Gasteiger partial charge is 0.335 e. The number of carboxylic acids is 1. The summed E-state index contributed by atoms with van der Waals surface area (Å²) in [6, 6.07) is 8.83. The van der Waals surface area contributed by atoms with E-state index in [1.54, 1.807) is 35.5 Å². The number of morpholine rings is 1. The predicted octanol–water partition coefficient (Wildman–Crippen LogP) is 4.54. The molecule has 0 spiro atoms. The van der Waals surface area contributed by atoms with Crippen molar-refractivity contribution in [2.24, 2.45) is 0 Å². The molecule has 3 N–H and O–H groups in total. The van der Waals surface area contributed by atoms with Gasteiger partial charge in [-0.3, -0.25) is 19.6 Å². The molecule has 2 saturated heterocycles. The molecular weight excluding hydrogens is 621 g/mol. The number of thiophene rings is 1. The number of anilines is 1. The number of ether oxygens (including phenoxy) is 2. The van der Waals surface area contributed by atoms with Crippen molar-refractivity contribution in [2.75, 3.05) is 45.2 Å². The summed E-state index contributed by atoms with van der Waals surface area (Å²) in [5, 5.41) is 11.5. The molecule has 3 aromatic heterocycles. The Labute approximate surface area is 266 Å². The minimum atomic E-state index is -0.979. The summed E-state index contributed by atoms with van der Waals surface area (Å²) in [5.41, 5.74) is 9.94. The van der Waals surface area contributed by atoms with Crippen molar-refractivity contribution in [1.29, 1.82) is 0 Å². The zero-order chi connectivity index (χ0) is 30.6. The zero-order valence-corrected chi connectivity index (χ0v) is 25.9. The molecule has 44 heavy (non-hydrogen) atoms. The first kappa shape index (κ1) is 30.1. The number of rotatable bonds is 10. The van der Waals surface area contributed by atoms with E-state index in [-0.39, 0.29) is 17.4 Å². The number of thioether (sulfide) groups is 1. The quantitative estimate of drug-likeness (QED) is 0.142. The second-order valence-electron chi connectivity index (χ2n) is 10.1. The van der Waals surface area contributed by atoms with Gasteiger partial charge in [0.1, 0.15) is 15.6 Å². The van der Waals surface area contributed by atoms with Crippen LogP contribution in [0.25, 0.3) is 28.2 Å². The molecule has 0 bridgehead atoms. The molecule has 0 aliphatic carbocycles. The third kappa shape index (κ3) is 6.89. The monoisotopic (exact) mass is 648 g/mol. The number of fused-ring (bicyclic) bond motifs is 1. The van der Waals surface area contributed by atoms with Gasteiger partial charge in [-0.05, 0) is 53.8 Å². The number of hydrogen-bond acceptors (Lipinski definition) is 12. The second-order valence-corrected chi connectivity index (χ2v) is 12.8.